The molecule has 1 aromatic rings. The highest BCUT2D eigenvalue weighted by Crippen LogP contribution is 2.29. The number of carboxylic acids is 1. The summed E-state index contributed by atoms with van der Waals surface area (Å²) in [6.07, 6.45) is 1.45. The van der Waals surface area contributed by atoms with E-state index in [9.17, 15) is 14.7 Å². The molecule has 0 aromatic heterocycles. The number of nitrogens with one attached hydrogen (secondary N) is 1. The zero-order chi connectivity index (χ0) is 27.2. The summed E-state index contributed by atoms with van der Waals surface area (Å²) in [6, 6.07) is 7.67. The fraction of sp³-hybridized carbons (Fsp3) is 0.560. The average molecular weight is 533 g/mol. The molecular formula is C25H41ClN2O6S. The molecule has 2 rings (SSSR count). The minimum absolute atomic E-state index is 0.0444. The summed E-state index contributed by atoms with van der Waals surface area (Å²) in [7, 11) is 1.31. The smallest absolute Gasteiger partial charge is 0.408 e. The van der Waals surface area contributed by atoms with Crippen molar-refractivity contribution in [3.63, 3.8) is 0 Å². The molecule has 1 saturated heterocycles. The number of carbonyl (C=O) groups is 3. The van der Waals surface area contributed by atoms with Crippen molar-refractivity contribution in [1.29, 1.82) is 0 Å². The van der Waals surface area contributed by atoms with Crippen LogP contribution in [0.15, 0.2) is 35.9 Å². The number of thioether (sulfide) groups is 1. The van der Waals surface area contributed by atoms with Gasteiger partial charge in [0.2, 0.25) is 0 Å². The number of hydrogen-bond acceptors (Lipinski definition) is 7. The predicted molar refractivity (Wildman–Crippen MR) is 144 cm³/mol. The number of hydrogen-bond donors (Lipinski definition) is 2. The van der Waals surface area contributed by atoms with E-state index >= 15 is 0 Å². The van der Waals surface area contributed by atoms with Crippen molar-refractivity contribution in [2.24, 2.45) is 0 Å². The van der Waals surface area contributed by atoms with Gasteiger partial charge in [-0.1, -0.05) is 57.5 Å². The van der Waals surface area contributed by atoms with Crippen molar-refractivity contribution in [2.45, 2.75) is 65.9 Å². The molecule has 0 radical (unpaired) electrons. The van der Waals surface area contributed by atoms with Gasteiger partial charge in [-0.2, -0.15) is 0 Å². The first-order valence-electron chi connectivity index (χ1n) is 11.7. The van der Waals surface area contributed by atoms with Crippen LogP contribution in [0.4, 0.5) is 4.79 Å². The van der Waals surface area contributed by atoms with Crippen molar-refractivity contribution >= 4 is 41.9 Å². The van der Waals surface area contributed by atoms with Crippen molar-refractivity contribution < 1.29 is 29.0 Å². The predicted octanol–water partition coefficient (Wildman–Crippen LogP) is 5.59. The number of nitrogens with zero attached hydrogens (tertiary/aromatic N) is 1. The van der Waals surface area contributed by atoms with Crippen molar-refractivity contribution in [1.82, 2.24) is 10.2 Å². The molecule has 200 valence electrons. The monoisotopic (exact) mass is 532 g/mol. The van der Waals surface area contributed by atoms with Crippen LogP contribution in [0.5, 0.6) is 0 Å². The first kappa shape index (κ1) is 34.9. The van der Waals surface area contributed by atoms with E-state index in [2.05, 4.69) is 15.0 Å². The number of halogens is 1. The SMILES string of the molecule is CC.CC.CC(C)OC(=O)NCSC1CCN(Cc2ccccc2Cl)C/C1=C/C(=O)O.COC=O. The van der Waals surface area contributed by atoms with Gasteiger partial charge in [-0.05, 0) is 37.5 Å². The molecule has 8 nitrogen and oxygen atoms in total. The molecule has 1 unspecified atom stereocenters. The summed E-state index contributed by atoms with van der Waals surface area (Å²) >= 11 is 7.75. The molecular weight excluding hydrogens is 492 g/mol. The molecule has 1 amide bonds. The average Bonchev–Trinajstić information content (AvgIpc) is 2.84. The number of piperidine rings is 1. The Hall–Kier alpha value is -2.23. The van der Waals surface area contributed by atoms with E-state index in [1.54, 1.807) is 13.8 Å². The zero-order valence-electron chi connectivity index (χ0n) is 21.9. The van der Waals surface area contributed by atoms with Gasteiger partial charge in [0, 0.05) is 36.0 Å². The number of aliphatic carboxylic acids is 1. The van der Waals surface area contributed by atoms with Crippen molar-refractivity contribution in [3.8, 4) is 0 Å². The van der Waals surface area contributed by atoms with E-state index in [0.717, 1.165) is 24.1 Å². The highest BCUT2D eigenvalue weighted by molar-refractivity contribution is 8.00. The third kappa shape index (κ3) is 16.9. The van der Waals surface area contributed by atoms with Gasteiger partial charge in [-0.25, -0.2) is 9.59 Å². The quantitative estimate of drug-likeness (QED) is 0.253. The second-order valence-corrected chi connectivity index (χ2v) is 8.51. The Morgan fingerprint density at radius 1 is 1.26 bits per heavy atom. The molecule has 0 bridgehead atoms. The third-order valence-corrected chi connectivity index (χ3v) is 5.75. The van der Waals surface area contributed by atoms with Gasteiger partial charge < -0.3 is 19.9 Å². The summed E-state index contributed by atoms with van der Waals surface area (Å²) in [5.74, 6) is -0.583. The molecule has 1 aliphatic heterocycles. The van der Waals surface area contributed by atoms with E-state index in [1.807, 2.05) is 52.0 Å². The van der Waals surface area contributed by atoms with E-state index in [0.29, 0.717) is 30.5 Å². The Morgan fingerprint density at radius 3 is 2.37 bits per heavy atom. The van der Waals surface area contributed by atoms with Crippen LogP contribution in [0.25, 0.3) is 0 Å². The molecule has 1 atom stereocenters. The van der Waals surface area contributed by atoms with Gasteiger partial charge in [0.15, 0.2) is 0 Å². The zero-order valence-corrected chi connectivity index (χ0v) is 23.4. The Kier molecular flexibility index (Phi) is 22.2. The van der Waals surface area contributed by atoms with Crippen molar-refractivity contribution in [2.75, 3.05) is 26.1 Å². The van der Waals surface area contributed by atoms with Crippen LogP contribution in [0.2, 0.25) is 5.02 Å². The van der Waals surface area contributed by atoms with Gasteiger partial charge in [0.25, 0.3) is 6.47 Å². The van der Waals surface area contributed by atoms with Gasteiger partial charge in [-0.3, -0.25) is 9.69 Å². The summed E-state index contributed by atoms with van der Waals surface area (Å²) in [4.78, 5) is 33.9. The summed E-state index contributed by atoms with van der Waals surface area (Å²) < 4.78 is 8.89. The topological polar surface area (TPSA) is 105 Å². The number of methoxy groups -OCH3 is 1. The first-order valence-corrected chi connectivity index (χ1v) is 13.1. The summed E-state index contributed by atoms with van der Waals surface area (Å²) in [5, 5.41) is 12.6. The minimum atomic E-state index is -0.956. The van der Waals surface area contributed by atoms with Crippen LogP contribution in [-0.2, 0) is 25.6 Å². The van der Waals surface area contributed by atoms with Crippen LogP contribution < -0.4 is 5.32 Å². The summed E-state index contributed by atoms with van der Waals surface area (Å²) in [5.41, 5.74) is 1.86. The second-order valence-electron chi connectivity index (χ2n) is 6.91. The van der Waals surface area contributed by atoms with E-state index in [-0.39, 0.29) is 11.4 Å². The van der Waals surface area contributed by atoms with Crippen LogP contribution in [-0.4, -0.2) is 66.0 Å². The maximum Gasteiger partial charge on any atom is 0.408 e. The molecule has 1 fully saturated rings. The van der Waals surface area contributed by atoms with Gasteiger partial charge in [0.1, 0.15) is 0 Å². The molecule has 35 heavy (non-hydrogen) atoms. The standard InChI is InChI=1S/C19H25ClN2O4S.C2H4O2.2C2H6/c1-13(2)26-19(25)21-12-27-17-7-8-22(11-15(17)9-18(23)24)10-14-5-3-4-6-16(14)20;1-4-2-3;2*1-2/h3-6,9,13,17H,7-8,10-12H2,1-2H3,(H,21,25)(H,23,24);2H,1H3;2*1-2H3/b15-9-;;;. The summed E-state index contributed by atoms with van der Waals surface area (Å²) in [6.45, 7) is 14.0. The lowest BCUT2D eigenvalue weighted by Crippen LogP contribution is -2.37. The highest BCUT2D eigenvalue weighted by atomic mass is 35.5. The van der Waals surface area contributed by atoms with Gasteiger partial charge in [0.05, 0.1) is 19.1 Å². The second kappa shape index (κ2) is 22.2. The highest BCUT2D eigenvalue weighted by Gasteiger charge is 2.25. The Morgan fingerprint density at radius 2 is 1.86 bits per heavy atom. The molecule has 2 N–H and O–H groups in total. The Balaban J connectivity index is 0. The Bertz CT molecular complexity index is 761. The molecule has 0 aliphatic carbocycles. The van der Waals surface area contributed by atoms with E-state index in [1.165, 1.54) is 24.9 Å². The van der Waals surface area contributed by atoms with Crippen LogP contribution in [0, 0.1) is 0 Å². The van der Waals surface area contributed by atoms with Gasteiger partial charge >= 0.3 is 12.1 Å². The number of alkyl carbamates (subject to hydrolysis) is 1. The van der Waals surface area contributed by atoms with Crippen LogP contribution in [0.1, 0.15) is 53.5 Å². The first-order chi connectivity index (χ1) is 16.8. The Labute approximate surface area is 219 Å². The lowest BCUT2D eigenvalue weighted by Gasteiger charge is -2.34. The molecule has 0 saturated carbocycles. The lowest BCUT2D eigenvalue weighted by molar-refractivity contribution is -0.131. The number of benzene rings is 1. The van der Waals surface area contributed by atoms with Crippen LogP contribution in [0.3, 0.4) is 0 Å². The molecule has 1 aliphatic rings. The van der Waals surface area contributed by atoms with E-state index < -0.39 is 12.1 Å². The lowest BCUT2D eigenvalue weighted by atomic mass is 10.0. The maximum absolute atomic E-state index is 11.6. The van der Waals surface area contributed by atoms with Gasteiger partial charge in [-0.15, -0.1) is 11.8 Å². The number of amides is 1. The molecule has 10 heteroatoms. The number of rotatable bonds is 8. The fourth-order valence-corrected chi connectivity index (χ4v) is 4.10. The minimum Gasteiger partial charge on any atom is -0.478 e. The van der Waals surface area contributed by atoms with Crippen LogP contribution >= 0.6 is 23.4 Å². The molecule has 0 spiro atoms. The third-order valence-electron chi connectivity index (χ3n) is 4.13. The number of likely N-dealkylation sites (tertiary alicyclic amines) is 1. The number of carbonyl (C=O) groups excluding carboxylic acids is 2. The molecule has 1 aromatic carbocycles. The largest absolute Gasteiger partial charge is 0.478 e. The fourth-order valence-electron chi connectivity index (χ4n) is 2.87. The number of carboxylic acid groups (broad SMARTS) is 1. The number of ether oxygens (including phenoxy) is 2. The molecule has 1 heterocycles. The van der Waals surface area contributed by atoms with E-state index in [4.69, 9.17) is 21.1 Å². The van der Waals surface area contributed by atoms with Crippen molar-refractivity contribution in [3.05, 3.63) is 46.5 Å². The maximum atomic E-state index is 11.6. The normalized spacial score (nSPS) is 15.8.